The van der Waals surface area contributed by atoms with Crippen molar-refractivity contribution in [2.75, 3.05) is 0 Å². The first kappa shape index (κ1) is 11.4. The van der Waals surface area contributed by atoms with Crippen LogP contribution in [-0.2, 0) is 6.42 Å². The first-order valence-corrected chi connectivity index (χ1v) is 6.08. The highest BCUT2D eigenvalue weighted by atomic mass is 35.5. The summed E-state index contributed by atoms with van der Waals surface area (Å²) in [6, 6.07) is 1.93. The van der Waals surface area contributed by atoms with Crippen LogP contribution in [0, 0.1) is 0 Å². The van der Waals surface area contributed by atoms with Gasteiger partial charge in [0, 0.05) is 12.5 Å². The molecule has 86 valence electrons. The summed E-state index contributed by atoms with van der Waals surface area (Å²) in [7, 11) is 0. The maximum Gasteiger partial charge on any atom is 0.245 e. The molecule has 3 nitrogen and oxygen atoms in total. The van der Waals surface area contributed by atoms with Crippen LogP contribution in [0.1, 0.15) is 38.4 Å². The highest BCUT2D eigenvalue weighted by Crippen LogP contribution is 2.18. The second-order valence-electron chi connectivity index (χ2n) is 3.91. The number of hydrogen-bond donors (Lipinski definition) is 0. The minimum absolute atomic E-state index is 0.408. The predicted molar refractivity (Wildman–Crippen MR) is 64.7 cm³/mol. The summed E-state index contributed by atoms with van der Waals surface area (Å²) in [6.45, 7) is 2.21. The molecule has 0 amide bonds. The van der Waals surface area contributed by atoms with Crippen LogP contribution in [0.3, 0.4) is 0 Å². The maximum absolute atomic E-state index is 5.76. The van der Waals surface area contributed by atoms with E-state index in [1.165, 1.54) is 25.5 Å². The summed E-state index contributed by atoms with van der Waals surface area (Å²) in [5.74, 6) is 0.952. The van der Waals surface area contributed by atoms with E-state index in [1.807, 2.05) is 6.07 Å². The standard InChI is InChI=1S/C12H15ClN2O/c1-2-3-4-5-6-9-7-10-12(16-9)14-8-11(13)15-10/h7-8H,2-6H2,1H3. The second kappa shape index (κ2) is 5.30. The molecule has 0 bridgehead atoms. The smallest absolute Gasteiger partial charge is 0.245 e. The van der Waals surface area contributed by atoms with Crippen molar-refractivity contribution in [3.8, 4) is 0 Å². The maximum atomic E-state index is 5.76. The number of rotatable bonds is 5. The molecule has 2 rings (SSSR count). The molecule has 0 atom stereocenters. The molecular formula is C12H15ClN2O. The topological polar surface area (TPSA) is 38.9 Å². The second-order valence-corrected chi connectivity index (χ2v) is 4.29. The van der Waals surface area contributed by atoms with Gasteiger partial charge in [0.1, 0.15) is 16.4 Å². The van der Waals surface area contributed by atoms with Crippen molar-refractivity contribution in [3.05, 3.63) is 23.2 Å². The normalized spacial score (nSPS) is 11.1. The summed E-state index contributed by atoms with van der Waals surface area (Å²) >= 11 is 5.76. The Bertz CT molecular complexity index is 467. The number of fused-ring (bicyclic) bond motifs is 1. The van der Waals surface area contributed by atoms with Crippen molar-refractivity contribution >= 4 is 22.8 Å². The first-order chi connectivity index (χ1) is 7.79. The molecular weight excluding hydrogens is 224 g/mol. The zero-order valence-electron chi connectivity index (χ0n) is 9.37. The molecule has 0 saturated carbocycles. The lowest BCUT2D eigenvalue weighted by atomic mass is 10.1. The van der Waals surface area contributed by atoms with E-state index < -0.39 is 0 Å². The summed E-state index contributed by atoms with van der Waals surface area (Å²) in [4.78, 5) is 8.23. The number of halogens is 1. The zero-order chi connectivity index (χ0) is 11.4. The van der Waals surface area contributed by atoms with E-state index in [9.17, 15) is 0 Å². The average Bonchev–Trinajstić information content (AvgIpc) is 2.66. The third-order valence-corrected chi connectivity index (χ3v) is 2.72. The van der Waals surface area contributed by atoms with E-state index >= 15 is 0 Å². The Kier molecular flexibility index (Phi) is 3.78. The third kappa shape index (κ3) is 2.73. The van der Waals surface area contributed by atoms with Crippen LogP contribution in [-0.4, -0.2) is 9.97 Å². The van der Waals surface area contributed by atoms with Crippen LogP contribution >= 0.6 is 11.6 Å². The first-order valence-electron chi connectivity index (χ1n) is 5.70. The molecule has 0 N–H and O–H groups in total. The quantitative estimate of drug-likeness (QED) is 0.739. The average molecular weight is 239 g/mol. The number of nitrogens with zero attached hydrogens (tertiary/aromatic N) is 2. The van der Waals surface area contributed by atoms with Crippen LogP contribution in [0.15, 0.2) is 16.7 Å². The van der Waals surface area contributed by atoms with Crippen molar-refractivity contribution in [1.29, 1.82) is 0 Å². The van der Waals surface area contributed by atoms with Crippen molar-refractivity contribution in [2.24, 2.45) is 0 Å². The lowest BCUT2D eigenvalue weighted by molar-refractivity contribution is 0.519. The molecule has 0 spiro atoms. The van der Waals surface area contributed by atoms with Crippen LogP contribution < -0.4 is 0 Å². The van der Waals surface area contributed by atoms with Gasteiger partial charge in [-0.15, -0.1) is 0 Å². The summed E-state index contributed by atoms with van der Waals surface area (Å²) < 4.78 is 5.57. The van der Waals surface area contributed by atoms with Gasteiger partial charge < -0.3 is 4.42 Å². The highest BCUT2D eigenvalue weighted by Gasteiger charge is 2.06. The summed E-state index contributed by atoms with van der Waals surface area (Å²) in [5, 5.41) is 0.408. The van der Waals surface area contributed by atoms with E-state index in [-0.39, 0.29) is 0 Å². The van der Waals surface area contributed by atoms with E-state index in [0.717, 1.165) is 24.1 Å². The summed E-state index contributed by atoms with van der Waals surface area (Å²) in [5.41, 5.74) is 1.33. The predicted octanol–water partition coefficient (Wildman–Crippen LogP) is 4.00. The SMILES string of the molecule is CCCCCCc1cc2nc(Cl)cnc2o1. The van der Waals surface area contributed by atoms with Crippen LogP contribution in [0.4, 0.5) is 0 Å². The van der Waals surface area contributed by atoms with Crippen LogP contribution in [0.2, 0.25) is 5.15 Å². The van der Waals surface area contributed by atoms with E-state index in [0.29, 0.717) is 10.9 Å². The molecule has 2 aromatic rings. The Labute approximate surface area is 99.8 Å². The zero-order valence-corrected chi connectivity index (χ0v) is 10.1. The van der Waals surface area contributed by atoms with Crippen LogP contribution in [0.5, 0.6) is 0 Å². The van der Waals surface area contributed by atoms with Crippen molar-refractivity contribution in [2.45, 2.75) is 39.0 Å². The Morgan fingerprint density at radius 3 is 3.00 bits per heavy atom. The molecule has 0 radical (unpaired) electrons. The fourth-order valence-corrected chi connectivity index (χ4v) is 1.84. The largest absolute Gasteiger partial charge is 0.441 e. The molecule has 0 aliphatic carbocycles. The molecule has 0 aliphatic rings. The number of hydrogen-bond acceptors (Lipinski definition) is 3. The number of aryl methyl sites for hydroxylation is 1. The van der Waals surface area contributed by atoms with Crippen molar-refractivity contribution < 1.29 is 4.42 Å². The fraction of sp³-hybridized carbons (Fsp3) is 0.500. The van der Waals surface area contributed by atoms with Gasteiger partial charge in [0.2, 0.25) is 5.71 Å². The van der Waals surface area contributed by atoms with Gasteiger partial charge in [-0.1, -0.05) is 37.8 Å². The monoisotopic (exact) mass is 238 g/mol. The molecule has 16 heavy (non-hydrogen) atoms. The molecule has 2 heterocycles. The minimum Gasteiger partial charge on any atom is -0.441 e. The van der Waals surface area contributed by atoms with Crippen molar-refractivity contribution in [1.82, 2.24) is 9.97 Å². The van der Waals surface area contributed by atoms with Gasteiger partial charge in [0.25, 0.3) is 0 Å². The molecule has 0 saturated heterocycles. The van der Waals surface area contributed by atoms with E-state index in [4.69, 9.17) is 16.0 Å². The Balaban J connectivity index is 2.02. The van der Waals surface area contributed by atoms with Gasteiger partial charge in [-0.05, 0) is 6.42 Å². The number of aromatic nitrogens is 2. The van der Waals surface area contributed by atoms with Gasteiger partial charge in [-0.25, -0.2) is 9.97 Å². The molecule has 0 aliphatic heterocycles. The Hall–Kier alpha value is -1.09. The molecule has 0 unspecified atom stereocenters. The fourth-order valence-electron chi connectivity index (χ4n) is 1.70. The van der Waals surface area contributed by atoms with E-state index in [2.05, 4.69) is 16.9 Å². The van der Waals surface area contributed by atoms with Gasteiger partial charge in [-0.3, -0.25) is 0 Å². The van der Waals surface area contributed by atoms with Crippen LogP contribution in [0.25, 0.3) is 11.2 Å². The lowest BCUT2D eigenvalue weighted by Crippen LogP contribution is -1.81. The van der Waals surface area contributed by atoms with Gasteiger partial charge in [0.15, 0.2) is 0 Å². The molecule has 4 heteroatoms. The number of unbranched alkanes of at least 4 members (excludes halogenated alkanes) is 3. The van der Waals surface area contributed by atoms with Gasteiger partial charge in [0.05, 0.1) is 6.20 Å². The Morgan fingerprint density at radius 2 is 2.19 bits per heavy atom. The van der Waals surface area contributed by atoms with E-state index in [1.54, 1.807) is 0 Å². The highest BCUT2D eigenvalue weighted by molar-refractivity contribution is 6.29. The molecule has 2 aromatic heterocycles. The Morgan fingerprint density at radius 1 is 1.31 bits per heavy atom. The molecule has 0 fully saturated rings. The third-order valence-electron chi connectivity index (χ3n) is 2.54. The summed E-state index contributed by atoms with van der Waals surface area (Å²) in [6.07, 6.45) is 7.39. The van der Waals surface area contributed by atoms with Gasteiger partial charge >= 0.3 is 0 Å². The lowest BCUT2D eigenvalue weighted by Gasteiger charge is -1.95. The molecule has 0 aromatic carbocycles. The minimum atomic E-state index is 0.408. The number of furan rings is 1. The van der Waals surface area contributed by atoms with Crippen molar-refractivity contribution in [3.63, 3.8) is 0 Å². The van der Waals surface area contributed by atoms with Gasteiger partial charge in [-0.2, -0.15) is 0 Å².